The van der Waals surface area contributed by atoms with Crippen LogP contribution in [0.2, 0.25) is 10.0 Å². The minimum absolute atomic E-state index is 0.349. The number of rotatable bonds is 5. The van der Waals surface area contributed by atoms with Crippen LogP contribution in [0.3, 0.4) is 0 Å². The van der Waals surface area contributed by atoms with Crippen LogP contribution in [-0.4, -0.2) is 10.1 Å². The maximum absolute atomic E-state index is 13.2. The quantitative estimate of drug-likeness (QED) is 0.661. The first-order valence-electron chi connectivity index (χ1n) is 7.64. The summed E-state index contributed by atoms with van der Waals surface area (Å²) in [4.78, 5) is 4.37. The molecule has 0 amide bonds. The van der Waals surface area contributed by atoms with Gasteiger partial charge in [0.25, 0.3) is 0 Å². The number of nitrogens with one attached hydrogen (secondary N) is 1. The molecule has 0 spiro atoms. The molecule has 0 atom stereocenters. The van der Waals surface area contributed by atoms with Gasteiger partial charge < -0.3 is 4.52 Å². The van der Waals surface area contributed by atoms with Crippen molar-refractivity contribution in [1.82, 2.24) is 15.5 Å². The fraction of sp³-hybridized carbons (Fsp3) is 0.222. The van der Waals surface area contributed by atoms with Gasteiger partial charge in [0.1, 0.15) is 5.82 Å². The van der Waals surface area contributed by atoms with E-state index in [4.69, 9.17) is 27.7 Å². The van der Waals surface area contributed by atoms with E-state index < -0.39 is 5.54 Å². The topological polar surface area (TPSA) is 51.0 Å². The highest BCUT2D eigenvalue weighted by Gasteiger charge is 2.24. The summed E-state index contributed by atoms with van der Waals surface area (Å²) >= 11 is 12.0. The molecule has 1 heterocycles. The first-order valence-corrected chi connectivity index (χ1v) is 8.40. The molecule has 2 aromatic carbocycles. The predicted molar refractivity (Wildman–Crippen MR) is 96.0 cm³/mol. The molecule has 4 nitrogen and oxygen atoms in total. The molecule has 0 radical (unpaired) electrons. The molecule has 130 valence electrons. The maximum Gasteiger partial charge on any atom is 0.240 e. The van der Waals surface area contributed by atoms with Crippen LogP contribution in [0.5, 0.6) is 0 Å². The molecule has 0 aliphatic rings. The van der Waals surface area contributed by atoms with Crippen molar-refractivity contribution in [1.29, 1.82) is 0 Å². The number of halogens is 3. The van der Waals surface area contributed by atoms with Gasteiger partial charge in [-0.2, -0.15) is 4.98 Å². The Labute approximate surface area is 155 Å². The summed E-state index contributed by atoms with van der Waals surface area (Å²) in [5.74, 6) is 0.566. The molecule has 1 aromatic heterocycles. The molecule has 25 heavy (non-hydrogen) atoms. The van der Waals surface area contributed by atoms with Crippen LogP contribution in [0.4, 0.5) is 4.39 Å². The number of aromatic nitrogens is 2. The lowest BCUT2D eigenvalue weighted by Gasteiger charge is -2.27. The van der Waals surface area contributed by atoms with Gasteiger partial charge in [-0.15, -0.1) is 0 Å². The van der Waals surface area contributed by atoms with Crippen molar-refractivity contribution in [3.63, 3.8) is 0 Å². The summed E-state index contributed by atoms with van der Waals surface area (Å²) in [6.07, 6.45) is 0. The van der Waals surface area contributed by atoms with Crippen molar-refractivity contribution in [3.8, 4) is 11.4 Å². The van der Waals surface area contributed by atoms with Crippen molar-refractivity contribution in [2.75, 3.05) is 0 Å². The summed E-state index contributed by atoms with van der Waals surface area (Å²) in [5.41, 5.74) is 1.10. The molecule has 3 aromatic rings. The van der Waals surface area contributed by atoms with Gasteiger partial charge in [-0.05, 0) is 55.8 Å². The van der Waals surface area contributed by atoms with Gasteiger partial charge in [0.05, 0.1) is 6.54 Å². The second kappa shape index (κ2) is 7.12. The summed E-state index contributed by atoms with van der Waals surface area (Å²) in [7, 11) is 0. The first-order chi connectivity index (χ1) is 11.8. The van der Waals surface area contributed by atoms with Crippen molar-refractivity contribution >= 4 is 23.2 Å². The molecule has 0 unspecified atom stereocenters. The largest absolute Gasteiger partial charge is 0.338 e. The maximum atomic E-state index is 13.2. The van der Waals surface area contributed by atoms with E-state index in [2.05, 4.69) is 15.5 Å². The van der Waals surface area contributed by atoms with E-state index in [-0.39, 0.29) is 5.82 Å². The van der Waals surface area contributed by atoms with Gasteiger partial charge in [0.2, 0.25) is 11.7 Å². The van der Waals surface area contributed by atoms with E-state index in [0.29, 0.717) is 28.3 Å². The Kier molecular flexibility index (Phi) is 5.08. The molecule has 0 bridgehead atoms. The lowest BCUT2D eigenvalue weighted by molar-refractivity contribution is 0.327. The van der Waals surface area contributed by atoms with Gasteiger partial charge in [-0.1, -0.05) is 34.4 Å². The fourth-order valence-corrected chi connectivity index (χ4v) is 2.96. The normalized spacial score (nSPS) is 11.7. The molecular formula is C18H16Cl2FN3O. The van der Waals surface area contributed by atoms with Crippen molar-refractivity contribution in [3.05, 3.63) is 69.8 Å². The van der Waals surface area contributed by atoms with E-state index in [1.807, 2.05) is 26.0 Å². The number of hydrogen-bond acceptors (Lipinski definition) is 4. The highest BCUT2D eigenvalue weighted by molar-refractivity contribution is 6.31. The lowest BCUT2D eigenvalue weighted by atomic mass is 9.94. The van der Waals surface area contributed by atoms with Gasteiger partial charge in [-0.3, -0.25) is 5.32 Å². The van der Waals surface area contributed by atoms with E-state index in [1.165, 1.54) is 12.1 Å². The Morgan fingerprint density at radius 3 is 2.52 bits per heavy atom. The van der Waals surface area contributed by atoms with Gasteiger partial charge in [0.15, 0.2) is 0 Å². The van der Waals surface area contributed by atoms with Crippen molar-refractivity contribution in [2.24, 2.45) is 0 Å². The van der Waals surface area contributed by atoms with Crippen molar-refractivity contribution in [2.45, 2.75) is 25.9 Å². The summed E-state index contributed by atoms with van der Waals surface area (Å²) in [5, 5.41) is 8.29. The van der Waals surface area contributed by atoms with Crippen LogP contribution < -0.4 is 5.32 Å². The van der Waals surface area contributed by atoms with Crippen LogP contribution in [0.1, 0.15) is 25.3 Å². The molecule has 0 aliphatic carbocycles. The molecule has 0 saturated carbocycles. The summed E-state index contributed by atoms with van der Waals surface area (Å²) in [6.45, 7) is 4.24. The van der Waals surface area contributed by atoms with E-state index in [9.17, 15) is 4.39 Å². The summed E-state index contributed by atoms with van der Waals surface area (Å²) < 4.78 is 18.5. The Hall–Kier alpha value is -1.95. The Bertz CT molecular complexity index is 878. The first kappa shape index (κ1) is 17.9. The van der Waals surface area contributed by atoms with E-state index in [0.717, 1.165) is 11.1 Å². The van der Waals surface area contributed by atoms with Gasteiger partial charge >= 0.3 is 0 Å². The van der Waals surface area contributed by atoms with Crippen LogP contribution in [0, 0.1) is 5.82 Å². The highest BCUT2D eigenvalue weighted by atomic mass is 35.5. The lowest BCUT2D eigenvalue weighted by Crippen LogP contribution is -2.36. The SMILES string of the molecule is CC(C)(NCc1nc(-c2ccc(Cl)cc2)no1)c1ccc(F)cc1Cl. The third-order valence-electron chi connectivity index (χ3n) is 3.86. The van der Waals surface area contributed by atoms with Gasteiger partial charge in [-0.25, -0.2) is 4.39 Å². The molecule has 3 rings (SSSR count). The smallest absolute Gasteiger partial charge is 0.240 e. The average molecular weight is 380 g/mol. The minimum Gasteiger partial charge on any atom is -0.338 e. The Morgan fingerprint density at radius 2 is 1.84 bits per heavy atom. The molecule has 0 fully saturated rings. The Morgan fingerprint density at radius 1 is 1.12 bits per heavy atom. The number of nitrogens with zero attached hydrogens (tertiary/aromatic N) is 2. The zero-order valence-electron chi connectivity index (χ0n) is 13.7. The monoisotopic (exact) mass is 379 g/mol. The van der Waals surface area contributed by atoms with Crippen LogP contribution in [0.15, 0.2) is 47.0 Å². The fourth-order valence-electron chi connectivity index (χ4n) is 2.43. The molecule has 7 heteroatoms. The van der Waals surface area contributed by atoms with Crippen LogP contribution in [-0.2, 0) is 12.1 Å². The zero-order valence-corrected chi connectivity index (χ0v) is 15.2. The predicted octanol–water partition coefficient (Wildman–Crippen LogP) is 5.21. The second-order valence-electron chi connectivity index (χ2n) is 6.12. The minimum atomic E-state index is -0.500. The Balaban J connectivity index is 1.72. The number of benzene rings is 2. The van der Waals surface area contributed by atoms with Crippen LogP contribution in [0.25, 0.3) is 11.4 Å². The average Bonchev–Trinajstić information content (AvgIpc) is 3.02. The molecule has 0 aliphatic heterocycles. The molecule has 0 saturated heterocycles. The molecular weight excluding hydrogens is 364 g/mol. The van der Waals surface area contributed by atoms with E-state index in [1.54, 1.807) is 18.2 Å². The van der Waals surface area contributed by atoms with E-state index >= 15 is 0 Å². The molecule has 1 N–H and O–H groups in total. The van der Waals surface area contributed by atoms with Crippen molar-refractivity contribution < 1.29 is 8.91 Å². The van der Waals surface area contributed by atoms with Crippen LogP contribution >= 0.6 is 23.2 Å². The zero-order chi connectivity index (χ0) is 18.0. The standard InChI is InChI=1S/C18H16Cl2FN3O/c1-18(2,14-8-7-13(21)9-15(14)20)22-10-16-23-17(24-25-16)11-3-5-12(19)6-4-11/h3-9,22H,10H2,1-2H3. The third-order valence-corrected chi connectivity index (χ3v) is 4.42. The summed E-state index contributed by atoms with van der Waals surface area (Å²) in [6, 6.07) is 11.5. The highest BCUT2D eigenvalue weighted by Crippen LogP contribution is 2.28. The van der Waals surface area contributed by atoms with Gasteiger partial charge in [0, 0.05) is 21.1 Å². The second-order valence-corrected chi connectivity index (χ2v) is 6.96. The third kappa shape index (κ3) is 4.18. The number of hydrogen-bond donors (Lipinski definition) is 1.